The molecule has 2 rings (SSSR count). The Labute approximate surface area is 102 Å². The number of nitrogens with zero attached hydrogens (tertiary/aromatic N) is 1. The first-order valence-corrected chi connectivity index (χ1v) is 6.34. The van der Waals surface area contributed by atoms with Crippen LogP contribution in [0.3, 0.4) is 0 Å². The maximum Gasteiger partial charge on any atom is 0.119 e. The van der Waals surface area contributed by atoms with Crippen molar-refractivity contribution in [2.45, 2.75) is 44.6 Å². The summed E-state index contributed by atoms with van der Waals surface area (Å²) in [5.74, 6) is 0.795. The van der Waals surface area contributed by atoms with Gasteiger partial charge in [-0.25, -0.2) is 0 Å². The van der Waals surface area contributed by atoms with E-state index in [4.69, 9.17) is 0 Å². The molecule has 0 bridgehead atoms. The van der Waals surface area contributed by atoms with Crippen LogP contribution >= 0.6 is 0 Å². The molecule has 17 heavy (non-hydrogen) atoms. The summed E-state index contributed by atoms with van der Waals surface area (Å²) in [6.07, 6.45) is 4.19. The number of nitroso groups, excluding NO2 is 1. The van der Waals surface area contributed by atoms with Gasteiger partial charge in [0.15, 0.2) is 0 Å². The Morgan fingerprint density at radius 2 is 2.00 bits per heavy atom. The Balaban J connectivity index is 2.21. The smallest absolute Gasteiger partial charge is 0.119 e. The molecule has 1 aromatic rings. The van der Waals surface area contributed by atoms with E-state index < -0.39 is 0 Å². The zero-order chi connectivity index (χ0) is 12.3. The number of benzene rings is 1. The molecule has 1 fully saturated rings. The van der Waals surface area contributed by atoms with Gasteiger partial charge in [-0.15, -0.1) is 0 Å². The Morgan fingerprint density at radius 1 is 1.29 bits per heavy atom. The lowest BCUT2D eigenvalue weighted by molar-refractivity contribution is 0.269. The van der Waals surface area contributed by atoms with Gasteiger partial charge in [-0.1, -0.05) is 43.1 Å². The van der Waals surface area contributed by atoms with Crippen molar-refractivity contribution in [3.63, 3.8) is 0 Å². The van der Waals surface area contributed by atoms with Crippen LogP contribution in [0.2, 0.25) is 0 Å². The Kier molecular flexibility index (Phi) is 3.77. The highest BCUT2D eigenvalue weighted by Gasteiger charge is 2.32. The second-order valence-electron chi connectivity index (χ2n) is 4.97. The third kappa shape index (κ3) is 2.48. The number of rotatable bonds is 3. The lowest BCUT2D eigenvalue weighted by atomic mass is 9.75. The Bertz CT molecular complexity index is 392. The minimum absolute atomic E-state index is 0.0849. The van der Waals surface area contributed by atoms with Crippen molar-refractivity contribution in [2.75, 3.05) is 0 Å². The normalized spacial score (nSPS) is 26.4. The molecular weight excluding hydrogens is 214 g/mol. The summed E-state index contributed by atoms with van der Waals surface area (Å²) in [7, 11) is 0. The molecule has 0 aliphatic heterocycles. The van der Waals surface area contributed by atoms with Gasteiger partial charge in [-0.3, -0.25) is 0 Å². The molecule has 0 unspecified atom stereocenters. The fourth-order valence-electron chi connectivity index (χ4n) is 2.96. The molecule has 0 spiro atoms. The molecule has 1 N–H and O–H groups in total. The van der Waals surface area contributed by atoms with E-state index in [1.165, 1.54) is 0 Å². The fraction of sp³-hybridized carbons (Fsp3) is 0.571. The number of aromatic hydroxyl groups is 1. The van der Waals surface area contributed by atoms with Crippen molar-refractivity contribution in [3.8, 4) is 5.75 Å². The van der Waals surface area contributed by atoms with Gasteiger partial charge in [0.1, 0.15) is 5.75 Å². The van der Waals surface area contributed by atoms with Crippen LogP contribution in [0.25, 0.3) is 0 Å². The first-order chi connectivity index (χ1) is 8.24. The monoisotopic (exact) mass is 233 g/mol. The first kappa shape index (κ1) is 12.1. The maximum absolute atomic E-state index is 10.9. The third-order valence-electron chi connectivity index (χ3n) is 3.99. The molecular formula is C14H19NO2. The Hall–Kier alpha value is -1.38. The summed E-state index contributed by atoms with van der Waals surface area (Å²) in [5.41, 5.74) is 0.938. The number of phenolic OH excluding ortho intramolecular Hbond substituents is 1. The predicted octanol–water partition coefficient (Wildman–Crippen LogP) is 3.82. The molecule has 0 amide bonds. The molecule has 3 heteroatoms. The molecule has 1 aromatic carbocycles. The molecule has 1 saturated carbocycles. The van der Waals surface area contributed by atoms with Gasteiger partial charge in [0.2, 0.25) is 0 Å². The summed E-state index contributed by atoms with van der Waals surface area (Å²) in [6, 6.07) is 7.31. The zero-order valence-electron chi connectivity index (χ0n) is 10.2. The summed E-state index contributed by atoms with van der Waals surface area (Å²) in [6.45, 7) is 2.09. The third-order valence-corrected chi connectivity index (χ3v) is 3.99. The van der Waals surface area contributed by atoms with E-state index in [9.17, 15) is 10.0 Å². The number of para-hydroxylation sites is 1. The van der Waals surface area contributed by atoms with Crippen molar-refractivity contribution in [1.29, 1.82) is 0 Å². The van der Waals surface area contributed by atoms with Gasteiger partial charge in [-0.05, 0) is 36.3 Å². The molecule has 0 aromatic heterocycles. The van der Waals surface area contributed by atoms with Crippen LogP contribution in [0.5, 0.6) is 5.75 Å². The van der Waals surface area contributed by atoms with Crippen LogP contribution in [0.15, 0.2) is 29.4 Å². The fourth-order valence-corrected chi connectivity index (χ4v) is 2.96. The standard InChI is InChI=1S/C14H19NO2/c1-10(12-7-3-5-9-14(12)16)11-6-2-4-8-13(11)15-17/h3,5,7,9-11,13,16H,2,4,6,8H2,1H3/t10-,11+,13+/m1/s1. The molecule has 92 valence electrons. The second-order valence-corrected chi connectivity index (χ2v) is 4.97. The molecule has 3 nitrogen and oxygen atoms in total. The molecule has 1 aliphatic carbocycles. The number of hydrogen-bond acceptors (Lipinski definition) is 3. The minimum Gasteiger partial charge on any atom is -0.508 e. The number of hydrogen-bond donors (Lipinski definition) is 1. The molecule has 0 heterocycles. The first-order valence-electron chi connectivity index (χ1n) is 6.34. The summed E-state index contributed by atoms with van der Waals surface area (Å²) in [4.78, 5) is 10.9. The van der Waals surface area contributed by atoms with Crippen molar-refractivity contribution in [2.24, 2.45) is 11.1 Å². The number of phenols is 1. The van der Waals surface area contributed by atoms with Crippen molar-refractivity contribution in [1.82, 2.24) is 0 Å². The summed E-state index contributed by atoms with van der Waals surface area (Å²) in [5, 5.41) is 13.1. The highest BCUT2D eigenvalue weighted by atomic mass is 16.3. The van der Waals surface area contributed by atoms with Gasteiger partial charge in [0.05, 0.1) is 6.04 Å². The van der Waals surface area contributed by atoms with Crippen LogP contribution in [-0.4, -0.2) is 11.1 Å². The van der Waals surface area contributed by atoms with Crippen LogP contribution in [-0.2, 0) is 0 Å². The van der Waals surface area contributed by atoms with Crippen molar-refractivity contribution in [3.05, 3.63) is 34.7 Å². The van der Waals surface area contributed by atoms with E-state index in [1.807, 2.05) is 18.2 Å². The van der Waals surface area contributed by atoms with Crippen molar-refractivity contribution < 1.29 is 5.11 Å². The molecule has 1 aliphatic rings. The van der Waals surface area contributed by atoms with Gasteiger partial charge in [0.25, 0.3) is 0 Å². The SMILES string of the molecule is C[C@@H](c1ccccc1O)[C@@H]1CCCC[C@@H]1N=O. The van der Waals surface area contributed by atoms with Gasteiger partial charge >= 0.3 is 0 Å². The van der Waals surface area contributed by atoms with Crippen LogP contribution in [0.4, 0.5) is 0 Å². The van der Waals surface area contributed by atoms with Crippen LogP contribution in [0, 0.1) is 10.8 Å². The van der Waals surface area contributed by atoms with E-state index in [0.717, 1.165) is 31.2 Å². The largest absolute Gasteiger partial charge is 0.508 e. The summed E-state index contributed by atoms with van der Waals surface area (Å²) >= 11 is 0. The second kappa shape index (κ2) is 5.30. The molecule has 0 radical (unpaired) electrons. The quantitative estimate of drug-likeness (QED) is 0.807. The van der Waals surface area contributed by atoms with Crippen LogP contribution in [0.1, 0.15) is 44.1 Å². The Morgan fingerprint density at radius 3 is 2.71 bits per heavy atom. The average molecular weight is 233 g/mol. The minimum atomic E-state index is -0.0849. The van der Waals surface area contributed by atoms with E-state index in [1.54, 1.807) is 6.07 Å². The van der Waals surface area contributed by atoms with E-state index in [0.29, 0.717) is 5.75 Å². The van der Waals surface area contributed by atoms with Crippen LogP contribution < -0.4 is 0 Å². The highest BCUT2D eigenvalue weighted by Crippen LogP contribution is 2.40. The van der Waals surface area contributed by atoms with E-state index >= 15 is 0 Å². The average Bonchev–Trinajstić information content (AvgIpc) is 2.38. The predicted molar refractivity (Wildman–Crippen MR) is 68.1 cm³/mol. The van der Waals surface area contributed by atoms with Gasteiger partial charge in [0, 0.05) is 0 Å². The van der Waals surface area contributed by atoms with Gasteiger partial charge < -0.3 is 5.11 Å². The lowest BCUT2D eigenvalue weighted by Gasteiger charge is -2.31. The lowest BCUT2D eigenvalue weighted by Crippen LogP contribution is -2.27. The molecule has 0 saturated heterocycles. The topological polar surface area (TPSA) is 49.7 Å². The highest BCUT2D eigenvalue weighted by molar-refractivity contribution is 5.35. The van der Waals surface area contributed by atoms with E-state index in [2.05, 4.69) is 12.1 Å². The summed E-state index contributed by atoms with van der Waals surface area (Å²) < 4.78 is 0. The zero-order valence-corrected chi connectivity index (χ0v) is 10.2. The van der Waals surface area contributed by atoms with E-state index in [-0.39, 0.29) is 17.9 Å². The van der Waals surface area contributed by atoms with Crippen molar-refractivity contribution >= 4 is 0 Å². The van der Waals surface area contributed by atoms with Gasteiger partial charge in [-0.2, -0.15) is 4.91 Å². The maximum atomic E-state index is 10.9. The molecule has 3 atom stereocenters.